The van der Waals surface area contributed by atoms with Gasteiger partial charge in [0.1, 0.15) is 0 Å². The average molecular weight is 702 g/mol. The molecule has 55 heavy (non-hydrogen) atoms. The Morgan fingerprint density at radius 1 is 0.418 bits per heavy atom. The third kappa shape index (κ3) is 5.35. The van der Waals surface area contributed by atoms with Gasteiger partial charge in [0.05, 0.1) is 22.8 Å². The summed E-state index contributed by atoms with van der Waals surface area (Å²) in [5.74, 6) is 0.761. The zero-order chi connectivity index (χ0) is 36.3. The van der Waals surface area contributed by atoms with Crippen LogP contribution in [0.15, 0.2) is 204 Å². The van der Waals surface area contributed by atoms with E-state index in [2.05, 4.69) is 199 Å². The average Bonchev–Trinajstić information content (AvgIpc) is 3.62. The monoisotopic (exact) mass is 701 g/mol. The molecule has 1 atom stereocenters. The van der Waals surface area contributed by atoms with E-state index >= 15 is 0 Å². The second-order valence-corrected chi connectivity index (χ2v) is 14.5. The number of hydrogen-bond acceptors (Lipinski definition) is 2. The van der Waals surface area contributed by atoms with Crippen LogP contribution in [-0.4, -0.2) is 16.1 Å². The molecule has 11 rings (SSSR count). The summed E-state index contributed by atoms with van der Waals surface area (Å²) in [7, 11) is 0. The van der Waals surface area contributed by atoms with Crippen LogP contribution >= 0.6 is 0 Å². The molecule has 1 aliphatic rings. The van der Waals surface area contributed by atoms with Crippen molar-refractivity contribution in [1.82, 2.24) is 4.57 Å². The smallest absolute Gasteiger partial charge is 0.155 e. The zero-order valence-corrected chi connectivity index (χ0v) is 30.1. The van der Waals surface area contributed by atoms with Gasteiger partial charge in [-0.3, -0.25) is 4.99 Å². The van der Waals surface area contributed by atoms with Crippen LogP contribution in [0.25, 0.3) is 70.9 Å². The summed E-state index contributed by atoms with van der Waals surface area (Å²) in [6, 6.07) is 69.9. The van der Waals surface area contributed by atoms with Crippen molar-refractivity contribution in [2.75, 3.05) is 0 Å². The number of rotatable bonds is 5. The lowest BCUT2D eigenvalue weighted by atomic mass is 9.94. The lowest BCUT2D eigenvalue weighted by Crippen LogP contribution is -2.17. The molecule has 0 radical (unpaired) electrons. The molecule has 0 fully saturated rings. The topological polar surface area (TPSA) is 29.6 Å². The normalized spacial score (nSPS) is 14.5. The largest absolute Gasteiger partial charge is 0.309 e. The van der Waals surface area contributed by atoms with Gasteiger partial charge >= 0.3 is 0 Å². The molecule has 9 aromatic carbocycles. The molecule has 2 heterocycles. The first-order chi connectivity index (χ1) is 27.2. The van der Waals surface area contributed by atoms with E-state index in [0.29, 0.717) is 6.42 Å². The van der Waals surface area contributed by atoms with E-state index in [-0.39, 0.29) is 6.04 Å². The minimum Gasteiger partial charge on any atom is -0.309 e. The van der Waals surface area contributed by atoms with Crippen LogP contribution in [0.3, 0.4) is 0 Å². The van der Waals surface area contributed by atoms with Crippen molar-refractivity contribution in [3.05, 3.63) is 211 Å². The number of aromatic nitrogens is 1. The summed E-state index contributed by atoms with van der Waals surface area (Å²) in [5.41, 5.74) is 10.2. The highest BCUT2D eigenvalue weighted by Gasteiger charge is 2.24. The van der Waals surface area contributed by atoms with E-state index < -0.39 is 0 Å². The Morgan fingerprint density at radius 3 is 1.76 bits per heavy atom. The molecule has 258 valence electrons. The highest BCUT2D eigenvalue weighted by atomic mass is 15.0. The maximum Gasteiger partial charge on any atom is 0.155 e. The van der Waals surface area contributed by atoms with Crippen LogP contribution in [-0.2, 0) is 0 Å². The first kappa shape index (κ1) is 31.4. The fourth-order valence-electron chi connectivity index (χ4n) is 8.63. The molecular weight excluding hydrogens is 667 g/mol. The van der Waals surface area contributed by atoms with Crippen LogP contribution in [0.4, 0.5) is 0 Å². The molecule has 3 heteroatoms. The first-order valence-corrected chi connectivity index (χ1v) is 19.0. The van der Waals surface area contributed by atoms with E-state index in [1.54, 1.807) is 0 Å². The fourth-order valence-corrected chi connectivity index (χ4v) is 8.63. The van der Waals surface area contributed by atoms with Gasteiger partial charge in [0.25, 0.3) is 0 Å². The Morgan fingerprint density at radius 2 is 1.02 bits per heavy atom. The third-order valence-corrected chi connectivity index (χ3v) is 11.3. The van der Waals surface area contributed by atoms with E-state index in [1.165, 1.54) is 65.3 Å². The SMILES string of the molecule is c1ccc(-c2cccc(C3=NC(c4cccc(-n5c6ccc7ccccc7c6c6c7ccccc7ccc65)c4)CC(c4ccc5ccccc5c4)=N3)c2)cc1. The Balaban J connectivity index is 1.09. The van der Waals surface area contributed by atoms with Crippen molar-refractivity contribution < 1.29 is 0 Å². The number of fused-ring (bicyclic) bond motifs is 8. The number of benzene rings is 9. The highest BCUT2D eigenvalue weighted by Crippen LogP contribution is 2.41. The summed E-state index contributed by atoms with van der Waals surface area (Å²) in [6.45, 7) is 0. The summed E-state index contributed by atoms with van der Waals surface area (Å²) in [4.78, 5) is 10.8. The summed E-state index contributed by atoms with van der Waals surface area (Å²) >= 11 is 0. The molecule has 0 bridgehead atoms. The molecule has 0 saturated heterocycles. The lowest BCUT2D eigenvalue weighted by Gasteiger charge is -2.22. The predicted molar refractivity (Wildman–Crippen MR) is 232 cm³/mol. The van der Waals surface area contributed by atoms with Gasteiger partial charge in [-0.25, -0.2) is 4.99 Å². The van der Waals surface area contributed by atoms with Crippen molar-refractivity contribution in [3.63, 3.8) is 0 Å². The Kier molecular flexibility index (Phi) is 7.31. The van der Waals surface area contributed by atoms with Crippen molar-refractivity contribution in [3.8, 4) is 16.8 Å². The lowest BCUT2D eigenvalue weighted by molar-refractivity contribution is 0.753. The highest BCUT2D eigenvalue weighted by molar-refractivity contribution is 6.28. The summed E-state index contributed by atoms with van der Waals surface area (Å²) in [5, 5.41) is 10.0. The van der Waals surface area contributed by atoms with E-state index in [1.807, 2.05) is 0 Å². The van der Waals surface area contributed by atoms with Crippen molar-refractivity contribution in [2.45, 2.75) is 12.5 Å². The minimum absolute atomic E-state index is 0.121. The molecule has 1 aliphatic heterocycles. The number of hydrogen-bond donors (Lipinski definition) is 0. The van der Waals surface area contributed by atoms with Gasteiger partial charge in [0, 0.05) is 28.4 Å². The zero-order valence-electron chi connectivity index (χ0n) is 30.1. The van der Waals surface area contributed by atoms with Crippen molar-refractivity contribution >= 4 is 65.7 Å². The minimum atomic E-state index is -0.121. The molecule has 3 nitrogen and oxygen atoms in total. The molecule has 0 amide bonds. The number of aliphatic imine (C=N–C) groups is 2. The van der Waals surface area contributed by atoms with Gasteiger partial charge in [-0.05, 0) is 91.0 Å². The molecule has 0 aliphatic carbocycles. The van der Waals surface area contributed by atoms with Crippen LogP contribution in [0.5, 0.6) is 0 Å². The molecule has 1 aromatic heterocycles. The van der Waals surface area contributed by atoms with Crippen molar-refractivity contribution in [2.24, 2.45) is 9.98 Å². The van der Waals surface area contributed by atoms with Crippen LogP contribution < -0.4 is 0 Å². The van der Waals surface area contributed by atoms with Gasteiger partial charge in [-0.1, -0.05) is 158 Å². The van der Waals surface area contributed by atoms with Crippen LogP contribution in [0, 0.1) is 0 Å². The van der Waals surface area contributed by atoms with Gasteiger partial charge in [-0.15, -0.1) is 0 Å². The van der Waals surface area contributed by atoms with Crippen LogP contribution in [0.1, 0.15) is 29.2 Å². The maximum atomic E-state index is 5.44. The second kappa shape index (κ2) is 12.8. The summed E-state index contributed by atoms with van der Waals surface area (Å²) < 4.78 is 2.45. The number of amidine groups is 1. The molecule has 0 spiro atoms. The van der Waals surface area contributed by atoms with E-state index in [0.717, 1.165) is 33.9 Å². The molecular formula is C52H35N3. The summed E-state index contributed by atoms with van der Waals surface area (Å²) in [6.07, 6.45) is 0.701. The Labute approximate surface area is 319 Å². The maximum absolute atomic E-state index is 5.44. The Hall–Kier alpha value is -7.10. The standard InChI is InChI=1S/C52H35N3/c1-2-12-34(13-3-1)39-18-10-20-42(31-39)52-53-46(33-47(54-52)41-25-24-35-14-4-5-17-38(35)30-41)40-19-11-21-43(32-40)55-48-28-26-36-15-6-8-22-44(36)50(48)51-45-23-9-7-16-37(45)27-29-49(51)55/h1-32,46H,33H2. The number of nitrogens with zero attached hydrogens (tertiary/aromatic N) is 3. The second-order valence-electron chi connectivity index (χ2n) is 14.5. The molecule has 10 aromatic rings. The van der Waals surface area contributed by atoms with Gasteiger partial charge in [0.15, 0.2) is 5.84 Å². The van der Waals surface area contributed by atoms with Gasteiger partial charge in [0.2, 0.25) is 0 Å². The van der Waals surface area contributed by atoms with E-state index in [4.69, 9.17) is 9.98 Å². The van der Waals surface area contributed by atoms with Gasteiger partial charge in [-0.2, -0.15) is 0 Å². The Bertz CT molecular complexity index is 3090. The first-order valence-electron chi connectivity index (χ1n) is 19.0. The quantitative estimate of drug-likeness (QED) is 0.171. The van der Waals surface area contributed by atoms with Crippen LogP contribution in [0.2, 0.25) is 0 Å². The fraction of sp³-hybridized carbons (Fsp3) is 0.0385. The third-order valence-electron chi connectivity index (χ3n) is 11.3. The molecule has 1 unspecified atom stereocenters. The molecule has 0 saturated carbocycles. The molecule has 0 N–H and O–H groups in total. The predicted octanol–water partition coefficient (Wildman–Crippen LogP) is 13.3. The van der Waals surface area contributed by atoms with Gasteiger partial charge < -0.3 is 4.57 Å². The van der Waals surface area contributed by atoms with Crippen molar-refractivity contribution in [1.29, 1.82) is 0 Å². The van der Waals surface area contributed by atoms with E-state index in [9.17, 15) is 0 Å².